The maximum atomic E-state index is 9.89. The van der Waals surface area contributed by atoms with E-state index in [4.69, 9.17) is 4.74 Å². The second kappa shape index (κ2) is 5.76. The van der Waals surface area contributed by atoms with Gasteiger partial charge in [-0.15, -0.1) is 11.8 Å². The van der Waals surface area contributed by atoms with Crippen LogP contribution < -0.4 is 0 Å². The van der Waals surface area contributed by atoms with Gasteiger partial charge in [0.1, 0.15) is 5.75 Å². The van der Waals surface area contributed by atoms with Gasteiger partial charge in [0, 0.05) is 16.8 Å². The number of aromatic hydroxyl groups is 1. The van der Waals surface area contributed by atoms with Crippen molar-refractivity contribution >= 4 is 11.8 Å². The van der Waals surface area contributed by atoms with Crippen LogP contribution in [-0.4, -0.2) is 22.6 Å². The molecular formula is C16H22O2S. The number of hydrogen-bond donors (Lipinski definition) is 1. The molecule has 1 N–H and O–H groups in total. The lowest BCUT2D eigenvalue weighted by molar-refractivity contribution is -0.0971. The molecule has 1 atom stereocenters. The van der Waals surface area contributed by atoms with E-state index in [9.17, 15) is 5.11 Å². The van der Waals surface area contributed by atoms with E-state index in [0.29, 0.717) is 11.0 Å². The zero-order chi connectivity index (χ0) is 13.1. The number of hydrogen-bond acceptors (Lipinski definition) is 3. The number of para-hydroxylation sites is 1. The summed E-state index contributed by atoms with van der Waals surface area (Å²) < 4.78 is 6.13. The van der Waals surface area contributed by atoms with Crippen LogP contribution in [0.1, 0.15) is 44.9 Å². The molecule has 1 saturated heterocycles. The van der Waals surface area contributed by atoms with Gasteiger partial charge in [-0.2, -0.15) is 0 Å². The molecule has 0 aromatic heterocycles. The Balaban J connectivity index is 1.67. The number of thioether (sulfide) groups is 1. The maximum Gasteiger partial charge on any atom is 0.129 e. The Morgan fingerprint density at radius 3 is 2.74 bits per heavy atom. The first-order valence-corrected chi connectivity index (χ1v) is 8.24. The topological polar surface area (TPSA) is 29.5 Å². The third-order valence-electron chi connectivity index (χ3n) is 4.37. The Bertz CT molecular complexity index is 421. The van der Waals surface area contributed by atoms with Gasteiger partial charge < -0.3 is 9.84 Å². The molecule has 2 nitrogen and oxygen atoms in total. The Morgan fingerprint density at radius 2 is 1.95 bits per heavy atom. The summed E-state index contributed by atoms with van der Waals surface area (Å²) in [7, 11) is 0. The van der Waals surface area contributed by atoms with Gasteiger partial charge in [0.05, 0.1) is 5.60 Å². The fourth-order valence-corrected chi connectivity index (χ4v) is 4.67. The molecule has 1 heterocycles. The Kier molecular flexibility index (Phi) is 4.04. The van der Waals surface area contributed by atoms with Gasteiger partial charge >= 0.3 is 0 Å². The van der Waals surface area contributed by atoms with Crippen molar-refractivity contribution in [2.75, 3.05) is 6.61 Å². The number of phenols is 1. The average Bonchev–Trinajstić information content (AvgIpc) is 2.42. The first kappa shape index (κ1) is 13.3. The standard InChI is InChI=1S/C16H22O2S/c17-14-6-2-3-7-15(14)19-13-8-11-18-16(12-13)9-4-1-5-10-16/h2-3,6-7,13,17H,1,4-5,8-12H2. The van der Waals surface area contributed by atoms with Crippen LogP contribution in [0.4, 0.5) is 0 Å². The molecule has 1 aliphatic carbocycles. The molecule has 104 valence electrons. The van der Waals surface area contributed by atoms with Crippen LogP contribution >= 0.6 is 11.8 Å². The summed E-state index contributed by atoms with van der Waals surface area (Å²) in [5.41, 5.74) is 0.151. The Morgan fingerprint density at radius 1 is 1.16 bits per heavy atom. The molecule has 3 rings (SSSR count). The van der Waals surface area contributed by atoms with Crippen molar-refractivity contribution in [2.45, 2.75) is 60.7 Å². The van der Waals surface area contributed by atoms with Crippen LogP contribution in [0.5, 0.6) is 5.75 Å². The van der Waals surface area contributed by atoms with E-state index in [0.717, 1.165) is 24.3 Å². The van der Waals surface area contributed by atoms with Gasteiger partial charge in [-0.05, 0) is 37.8 Å². The average molecular weight is 278 g/mol. The second-order valence-corrected chi connectivity index (χ2v) is 7.13. The van der Waals surface area contributed by atoms with Gasteiger partial charge in [0.2, 0.25) is 0 Å². The molecule has 2 fully saturated rings. The fourth-order valence-electron chi connectivity index (χ4n) is 3.36. The van der Waals surface area contributed by atoms with Crippen LogP contribution in [-0.2, 0) is 4.74 Å². The van der Waals surface area contributed by atoms with Crippen LogP contribution in [0.25, 0.3) is 0 Å². The predicted molar refractivity (Wildman–Crippen MR) is 78.8 cm³/mol. The minimum Gasteiger partial charge on any atom is -0.507 e. The van der Waals surface area contributed by atoms with Crippen molar-refractivity contribution in [2.24, 2.45) is 0 Å². The van der Waals surface area contributed by atoms with E-state index in [1.165, 1.54) is 32.1 Å². The monoisotopic (exact) mass is 278 g/mol. The summed E-state index contributed by atoms with van der Waals surface area (Å²) in [6.45, 7) is 0.880. The second-order valence-electron chi connectivity index (χ2n) is 5.79. The summed E-state index contributed by atoms with van der Waals surface area (Å²) >= 11 is 1.83. The molecule has 1 spiro atoms. The van der Waals surface area contributed by atoms with Crippen LogP contribution in [0.3, 0.4) is 0 Å². The molecule has 3 heteroatoms. The van der Waals surface area contributed by atoms with E-state index in [1.54, 1.807) is 6.07 Å². The molecule has 0 bridgehead atoms. The third kappa shape index (κ3) is 3.09. The number of benzene rings is 1. The SMILES string of the molecule is Oc1ccccc1SC1CCOC2(CCCCC2)C1. The Hall–Kier alpha value is -0.670. The quantitative estimate of drug-likeness (QED) is 0.871. The van der Waals surface area contributed by atoms with Gasteiger partial charge in [0.15, 0.2) is 0 Å². The minimum atomic E-state index is 0.151. The first-order chi connectivity index (χ1) is 9.27. The lowest BCUT2D eigenvalue weighted by Gasteiger charge is -2.43. The molecule has 1 aliphatic heterocycles. The largest absolute Gasteiger partial charge is 0.507 e. The van der Waals surface area contributed by atoms with Crippen LogP contribution in [0, 0.1) is 0 Å². The summed E-state index contributed by atoms with van der Waals surface area (Å²) in [5.74, 6) is 0.414. The van der Waals surface area contributed by atoms with E-state index in [1.807, 2.05) is 30.0 Å². The molecule has 0 amide bonds. The lowest BCUT2D eigenvalue weighted by Crippen LogP contribution is -2.42. The smallest absolute Gasteiger partial charge is 0.129 e. The number of ether oxygens (including phenoxy) is 1. The van der Waals surface area contributed by atoms with Gasteiger partial charge in [-0.1, -0.05) is 31.4 Å². The van der Waals surface area contributed by atoms with Crippen molar-refractivity contribution in [1.29, 1.82) is 0 Å². The third-order valence-corrected chi connectivity index (χ3v) is 5.71. The molecule has 0 radical (unpaired) electrons. The summed E-state index contributed by atoms with van der Waals surface area (Å²) in [4.78, 5) is 1.01. The fraction of sp³-hybridized carbons (Fsp3) is 0.625. The van der Waals surface area contributed by atoms with E-state index < -0.39 is 0 Å². The maximum absolute atomic E-state index is 9.89. The zero-order valence-electron chi connectivity index (χ0n) is 11.3. The molecule has 2 aliphatic rings. The highest BCUT2D eigenvalue weighted by atomic mass is 32.2. The van der Waals surface area contributed by atoms with Gasteiger partial charge in [-0.3, -0.25) is 0 Å². The van der Waals surface area contributed by atoms with E-state index in [2.05, 4.69) is 0 Å². The summed E-state index contributed by atoms with van der Waals surface area (Å²) in [6.07, 6.45) is 8.69. The Labute approximate surface area is 119 Å². The highest BCUT2D eigenvalue weighted by Gasteiger charge is 2.38. The molecular weight excluding hydrogens is 256 g/mol. The van der Waals surface area contributed by atoms with Crippen molar-refractivity contribution in [1.82, 2.24) is 0 Å². The molecule has 1 saturated carbocycles. The lowest BCUT2D eigenvalue weighted by atomic mass is 9.80. The van der Waals surface area contributed by atoms with Crippen LogP contribution in [0.15, 0.2) is 29.2 Å². The van der Waals surface area contributed by atoms with Crippen molar-refractivity contribution in [3.8, 4) is 5.75 Å². The zero-order valence-corrected chi connectivity index (χ0v) is 12.1. The van der Waals surface area contributed by atoms with E-state index in [-0.39, 0.29) is 5.60 Å². The van der Waals surface area contributed by atoms with Gasteiger partial charge in [-0.25, -0.2) is 0 Å². The first-order valence-electron chi connectivity index (χ1n) is 7.36. The number of phenolic OH excluding ortho intramolecular Hbond substituents is 1. The minimum absolute atomic E-state index is 0.151. The van der Waals surface area contributed by atoms with Crippen LogP contribution in [0.2, 0.25) is 0 Å². The van der Waals surface area contributed by atoms with Crippen molar-refractivity contribution < 1.29 is 9.84 Å². The van der Waals surface area contributed by atoms with Gasteiger partial charge in [0.25, 0.3) is 0 Å². The highest BCUT2D eigenvalue weighted by Crippen LogP contribution is 2.44. The normalized spacial score (nSPS) is 26.4. The summed E-state index contributed by atoms with van der Waals surface area (Å²) in [5, 5.41) is 10.5. The van der Waals surface area contributed by atoms with Crippen molar-refractivity contribution in [3.63, 3.8) is 0 Å². The predicted octanol–water partition coefficient (Wildman–Crippen LogP) is 4.37. The summed E-state index contributed by atoms with van der Waals surface area (Å²) in [6, 6.07) is 7.67. The molecule has 1 aromatic rings. The molecule has 1 unspecified atom stereocenters. The number of rotatable bonds is 2. The molecule has 19 heavy (non-hydrogen) atoms. The molecule has 1 aromatic carbocycles. The van der Waals surface area contributed by atoms with E-state index >= 15 is 0 Å². The van der Waals surface area contributed by atoms with Crippen molar-refractivity contribution in [3.05, 3.63) is 24.3 Å². The highest BCUT2D eigenvalue weighted by molar-refractivity contribution is 8.00.